The summed E-state index contributed by atoms with van der Waals surface area (Å²) in [6.07, 6.45) is 11.3. The number of hydrogen-bond donors (Lipinski definition) is 0. The van der Waals surface area contributed by atoms with Crippen molar-refractivity contribution in [3.05, 3.63) is 23.8 Å². The molecule has 2 heterocycles. The maximum absolute atomic E-state index is 12.8. The smallest absolute Gasteiger partial charge is 0.306 e. The zero-order chi connectivity index (χ0) is 26.5. The minimum Gasteiger partial charge on any atom is -0.462 e. The Morgan fingerprint density at radius 1 is 1.08 bits per heavy atom. The number of carbonyl (C=O) groups excluding carboxylic acids is 3. The van der Waals surface area contributed by atoms with E-state index in [9.17, 15) is 14.4 Å². The second-order valence-corrected chi connectivity index (χ2v) is 10.5. The van der Waals surface area contributed by atoms with Crippen molar-refractivity contribution in [2.24, 2.45) is 17.8 Å². The average molecular weight is 507 g/mol. The van der Waals surface area contributed by atoms with Crippen molar-refractivity contribution in [2.45, 2.75) is 110 Å². The van der Waals surface area contributed by atoms with E-state index in [1.54, 1.807) is 13.2 Å². The summed E-state index contributed by atoms with van der Waals surface area (Å²) in [6.45, 7) is 8.37. The fraction of sp³-hybridized carbons (Fsp3) is 0.759. The third kappa shape index (κ3) is 11.1. The zero-order valence-corrected chi connectivity index (χ0v) is 22.8. The van der Waals surface area contributed by atoms with Gasteiger partial charge >= 0.3 is 5.97 Å². The van der Waals surface area contributed by atoms with E-state index in [1.807, 2.05) is 32.9 Å². The maximum Gasteiger partial charge on any atom is 0.306 e. The Balaban J connectivity index is 2.18. The summed E-state index contributed by atoms with van der Waals surface area (Å²) >= 11 is 0. The number of esters is 1. The zero-order valence-electron chi connectivity index (χ0n) is 22.8. The van der Waals surface area contributed by atoms with Crippen LogP contribution in [0.2, 0.25) is 0 Å². The van der Waals surface area contributed by atoms with Crippen LogP contribution in [0.5, 0.6) is 0 Å². The number of allylic oxidation sites excluding steroid dienone is 3. The van der Waals surface area contributed by atoms with Gasteiger partial charge in [0.15, 0.2) is 12.1 Å². The topological polar surface area (TPSA) is 88.1 Å². The van der Waals surface area contributed by atoms with Crippen LogP contribution in [0.4, 0.5) is 0 Å². The Morgan fingerprint density at radius 3 is 2.56 bits per heavy atom. The predicted molar refractivity (Wildman–Crippen MR) is 138 cm³/mol. The molecule has 7 atom stereocenters. The molecule has 0 aromatic carbocycles. The number of aldehydes is 1. The lowest BCUT2D eigenvalue weighted by atomic mass is 9.87. The van der Waals surface area contributed by atoms with Gasteiger partial charge in [0.05, 0.1) is 18.8 Å². The number of carbonyl (C=O) groups is 3. The maximum atomic E-state index is 12.8. The number of methoxy groups -OCH3 is 1. The van der Waals surface area contributed by atoms with Gasteiger partial charge in [-0.1, -0.05) is 31.6 Å². The normalized spacial score (nSPS) is 35.9. The van der Waals surface area contributed by atoms with Gasteiger partial charge < -0.3 is 23.7 Å². The highest BCUT2D eigenvalue weighted by Crippen LogP contribution is 2.27. The van der Waals surface area contributed by atoms with Crippen LogP contribution in [0.25, 0.3) is 0 Å². The summed E-state index contributed by atoms with van der Waals surface area (Å²) < 4.78 is 23.6. The van der Waals surface area contributed by atoms with Crippen LogP contribution in [0.15, 0.2) is 23.8 Å². The third-order valence-corrected chi connectivity index (χ3v) is 7.22. The van der Waals surface area contributed by atoms with Crippen LogP contribution >= 0.6 is 0 Å². The molecule has 1 saturated heterocycles. The molecule has 0 radical (unpaired) electrons. The molecule has 2 aliphatic rings. The Labute approximate surface area is 217 Å². The van der Waals surface area contributed by atoms with Crippen LogP contribution in [-0.2, 0) is 33.3 Å². The first kappa shape index (κ1) is 30.4. The Bertz CT molecular complexity index is 759. The average Bonchev–Trinajstić information content (AvgIpc) is 2.85. The number of ketones is 1. The SMILES string of the molecule is CCC1OC(=O)CC[C@H](C)CC(CC=O)CCC(=O)/C=C/C(C)=C/C1COC1C[C@H](OC)CC(C)O1. The summed E-state index contributed by atoms with van der Waals surface area (Å²) in [4.78, 5) is 36.4. The van der Waals surface area contributed by atoms with Gasteiger partial charge in [-0.3, -0.25) is 9.59 Å². The largest absolute Gasteiger partial charge is 0.462 e. The molecular formula is C29H46O7. The minimum absolute atomic E-state index is 0.0462. The highest BCUT2D eigenvalue weighted by atomic mass is 16.7. The second-order valence-electron chi connectivity index (χ2n) is 10.5. The molecule has 204 valence electrons. The van der Waals surface area contributed by atoms with Crippen molar-refractivity contribution >= 4 is 18.0 Å². The molecule has 1 fully saturated rings. The van der Waals surface area contributed by atoms with E-state index in [0.717, 1.165) is 24.7 Å². The molecule has 0 aromatic heterocycles. The van der Waals surface area contributed by atoms with Crippen molar-refractivity contribution in [1.82, 2.24) is 0 Å². The summed E-state index contributed by atoms with van der Waals surface area (Å²) in [6, 6.07) is 0. The van der Waals surface area contributed by atoms with Gasteiger partial charge in [0, 0.05) is 38.7 Å². The van der Waals surface area contributed by atoms with E-state index in [1.165, 1.54) is 0 Å². The monoisotopic (exact) mass is 506 g/mol. The van der Waals surface area contributed by atoms with Crippen molar-refractivity contribution in [3.8, 4) is 0 Å². The number of ether oxygens (including phenoxy) is 4. The van der Waals surface area contributed by atoms with Crippen LogP contribution in [0, 0.1) is 17.8 Å². The van der Waals surface area contributed by atoms with Gasteiger partial charge in [-0.2, -0.15) is 0 Å². The van der Waals surface area contributed by atoms with Gasteiger partial charge in [0.2, 0.25) is 0 Å². The molecule has 0 N–H and O–H groups in total. The van der Waals surface area contributed by atoms with E-state index in [2.05, 4.69) is 6.92 Å². The third-order valence-electron chi connectivity index (χ3n) is 7.22. The first-order chi connectivity index (χ1) is 17.2. The molecule has 7 nitrogen and oxygen atoms in total. The fourth-order valence-corrected chi connectivity index (χ4v) is 5.10. The standard InChI is InChI=1S/C29H46O7/c1-6-27-24(19-34-29-18-26(33-5)17-22(4)35-29)16-21(3)7-10-25(31)11-9-23(13-14-30)15-20(2)8-12-28(32)36-27/h7,10,14,16,20,22-24,26-27,29H,6,8-9,11-13,15,17-19H2,1-5H3/b10-7+,21-16+/t20-,22?,23?,24?,26+,27?,29?/m0/s1. The first-order valence-electron chi connectivity index (χ1n) is 13.6. The van der Waals surface area contributed by atoms with Gasteiger partial charge in [-0.25, -0.2) is 0 Å². The van der Waals surface area contributed by atoms with Crippen LogP contribution < -0.4 is 0 Å². The lowest BCUT2D eigenvalue weighted by Crippen LogP contribution is -2.38. The predicted octanol–water partition coefficient (Wildman–Crippen LogP) is 5.36. The summed E-state index contributed by atoms with van der Waals surface area (Å²) in [7, 11) is 1.71. The van der Waals surface area contributed by atoms with Crippen molar-refractivity contribution in [3.63, 3.8) is 0 Å². The molecule has 0 spiro atoms. The highest BCUT2D eigenvalue weighted by Gasteiger charge is 2.30. The number of hydrogen-bond acceptors (Lipinski definition) is 7. The molecule has 36 heavy (non-hydrogen) atoms. The quantitative estimate of drug-likeness (QED) is 0.339. The van der Waals surface area contributed by atoms with E-state index in [0.29, 0.717) is 51.6 Å². The lowest BCUT2D eigenvalue weighted by Gasteiger charge is -2.34. The molecule has 0 aliphatic carbocycles. The molecule has 0 amide bonds. The van der Waals surface area contributed by atoms with E-state index in [-0.39, 0.29) is 54.1 Å². The van der Waals surface area contributed by atoms with Gasteiger partial charge in [0.1, 0.15) is 12.4 Å². The first-order valence-corrected chi connectivity index (χ1v) is 13.6. The van der Waals surface area contributed by atoms with Gasteiger partial charge in [0.25, 0.3) is 0 Å². The lowest BCUT2D eigenvalue weighted by molar-refractivity contribution is -0.220. The molecule has 5 unspecified atom stereocenters. The molecule has 2 rings (SSSR count). The summed E-state index contributed by atoms with van der Waals surface area (Å²) in [5.41, 5.74) is 0.907. The van der Waals surface area contributed by atoms with Gasteiger partial charge in [-0.05, 0) is 63.9 Å². The minimum atomic E-state index is -0.377. The second kappa shape index (κ2) is 16.1. The summed E-state index contributed by atoms with van der Waals surface area (Å²) in [5, 5.41) is 0. The van der Waals surface area contributed by atoms with Crippen molar-refractivity contribution in [2.75, 3.05) is 13.7 Å². The van der Waals surface area contributed by atoms with E-state index < -0.39 is 0 Å². The molecule has 0 saturated carbocycles. The molecule has 2 aliphatic heterocycles. The van der Waals surface area contributed by atoms with E-state index >= 15 is 0 Å². The van der Waals surface area contributed by atoms with Crippen molar-refractivity contribution < 1.29 is 33.3 Å². The fourth-order valence-electron chi connectivity index (χ4n) is 5.10. The van der Waals surface area contributed by atoms with Crippen LogP contribution in [0.1, 0.15) is 85.5 Å². The molecule has 0 aromatic rings. The number of rotatable bonds is 7. The van der Waals surface area contributed by atoms with Crippen molar-refractivity contribution in [1.29, 1.82) is 0 Å². The van der Waals surface area contributed by atoms with Crippen LogP contribution in [0.3, 0.4) is 0 Å². The Kier molecular flexibility index (Phi) is 13.6. The highest BCUT2D eigenvalue weighted by molar-refractivity contribution is 5.90. The molecular weight excluding hydrogens is 460 g/mol. The van der Waals surface area contributed by atoms with Crippen LogP contribution in [-0.4, -0.2) is 56.4 Å². The molecule has 0 bridgehead atoms. The Morgan fingerprint density at radius 2 is 1.86 bits per heavy atom. The number of cyclic esters (lactones) is 1. The van der Waals surface area contributed by atoms with Gasteiger partial charge in [-0.15, -0.1) is 0 Å². The van der Waals surface area contributed by atoms with E-state index in [4.69, 9.17) is 18.9 Å². The Hall–Kier alpha value is -1.83. The summed E-state index contributed by atoms with van der Waals surface area (Å²) in [5.74, 6) is 0.0866. The molecule has 7 heteroatoms.